The minimum Gasteiger partial charge on any atom is -0.381 e. The number of halogens is 1. The van der Waals surface area contributed by atoms with Gasteiger partial charge in [-0.3, -0.25) is 0 Å². The standard InChI is InChI=1S/C14H21BrN2/c1-10(12-6-4-3-5-7-12)16-13-8-9-14(15)17-11(13)2/h8-10,12,16H,3-7H2,1-2H3. The highest BCUT2D eigenvalue weighted by atomic mass is 79.9. The quantitative estimate of drug-likeness (QED) is 0.829. The monoisotopic (exact) mass is 296 g/mol. The highest BCUT2D eigenvalue weighted by Crippen LogP contribution is 2.28. The first kappa shape index (κ1) is 12.9. The van der Waals surface area contributed by atoms with Crippen LogP contribution >= 0.6 is 15.9 Å². The average Bonchev–Trinajstić information content (AvgIpc) is 2.34. The number of anilines is 1. The SMILES string of the molecule is Cc1nc(Br)ccc1NC(C)C1CCCCC1. The third kappa shape index (κ3) is 3.44. The van der Waals surface area contributed by atoms with Crippen molar-refractivity contribution in [2.24, 2.45) is 5.92 Å². The zero-order valence-corrected chi connectivity index (χ0v) is 12.3. The van der Waals surface area contributed by atoms with Crippen LogP contribution < -0.4 is 5.32 Å². The molecule has 1 atom stereocenters. The van der Waals surface area contributed by atoms with E-state index in [9.17, 15) is 0 Å². The van der Waals surface area contributed by atoms with Gasteiger partial charge in [-0.15, -0.1) is 0 Å². The summed E-state index contributed by atoms with van der Waals surface area (Å²) < 4.78 is 0.908. The lowest BCUT2D eigenvalue weighted by Gasteiger charge is -2.29. The zero-order chi connectivity index (χ0) is 12.3. The summed E-state index contributed by atoms with van der Waals surface area (Å²) in [7, 11) is 0. The van der Waals surface area contributed by atoms with E-state index in [1.807, 2.05) is 6.07 Å². The molecule has 1 aliphatic rings. The van der Waals surface area contributed by atoms with Gasteiger partial charge < -0.3 is 5.32 Å². The minimum atomic E-state index is 0.553. The van der Waals surface area contributed by atoms with Gasteiger partial charge in [-0.1, -0.05) is 19.3 Å². The van der Waals surface area contributed by atoms with Gasteiger partial charge in [0.2, 0.25) is 0 Å². The maximum atomic E-state index is 4.43. The smallest absolute Gasteiger partial charge is 0.106 e. The lowest BCUT2D eigenvalue weighted by Crippen LogP contribution is -2.28. The Hall–Kier alpha value is -0.570. The highest BCUT2D eigenvalue weighted by Gasteiger charge is 2.20. The van der Waals surface area contributed by atoms with Crippen molar-refractivity contribution < 1.29 is 0 Å². The van der Waals surface area contributed by atoms with Crippen LogP contribution in [0.4, 0.5) is 5.69 Å². The first-order valence-corrected chi connectivity index (χ1v) is 7.36. The Kier molecular flexibility index (Phi) is 4.43. The Bertz CT molecular complexity index is 372. The fraction of sp³-hybridized carbons (Fsp3) is 0.643. The molecule has 1 saturated carbocycles. The number of nitrogens with one attached hydrogen (secondary N) is 1. The Morgan fingerprint density at radius 1 is 1.29 bits per heavy atom. The Balaban J connectivity index is 1.99. The second kappa shape index (κ2) is 5.85. The van der Waals surface area contributed by atoms with E-state index in [1.54, 1.807) is 0 Å². The van der Waals surface area contributed by atoms with Crippen molar-refractivity contribution in [1.82, 2.24) is 4.98 Å². The molecule has 0 radical (unpaired) electrons. The predicted molar refractivity (Wildman–Crippen MR) is 76.3 cm³/mol. The van der Waals surface area contributed by atoms with Crippen LogP contribution in [-0.4, -0.2) is 11.0 Å². The van der Waals surface area contributed by atoms with Crippen LogP contribution in [0.5, 0.6) is 0 Å². The van der Waals surface area contributed by atoms with Crippen LogP contribution in [0.25, 0.3) is 0 Å². The third-order valence-electron chi connectivity index (χ3n) is 3.79. The fourth-order valence-electron chi connectivity index (χ4n) is 2.68. The fourth-order valence-corrected chi connectivity index (χ4v) is 3.08. The lowest BCUT2D eigenvalue weighted by molar-refractivity contribution is 0.328. The van der Waals surface area contributed by atoms with Gasteiger partial charge in [-0.05, 0) is 60.7 Å². The van der Waals surface area contributed by atoms with Gasteiger partial charge in [0.25, 0.3) is 0 Å². The Morgan fingerprint density at radius 3 is 2.65 bits per heavy atom. The molecule has 0 saturated heterocycles. The number of hydrogen-bond acceptors (Lipinski definition) is 2. The van der Waals surface area contributed by atoms with Crippen molar-refractivity contribution in [3.63, 3.8) is 0 Å². The number of pyridine rings is 1. The topological polar surface area (TPSA) is 24.9 Å². The highest BCUT2D eigenvalue weighted by molar-refractivity contribution is 9.10. The van der Waals surface area contributed by atoms with Crippen molar-refractivity contribution in [1.29, 1.82) is 0 Å². The average molecular weight is 297 g/mol. The molecule has 0 spiro atoms. The summed E-state index contributed by atoms with van der Waals surface area (Å²) in [6.07, 6.45) is 6.96. The van der Waals surface area contributed by atoms with E-state index in [-0.39, 0.29) is 0 Å². The molecule has 1 aliphatic carbocycles. The maximum absolute atomic E-state index is 4.43. The van der Waals surface area contributed by atoms with Gasteiger partial charge in [0, 0.05) is 6.04 Å². The van der Waals surface area contributed by atoms with E-state index >= 15 is 0 Å². The molecule has 1 N–H and O–H groups in total. The largest absolute Gasteiger partial charge is 0.381 e. The van der Waals surface area contributed by atoms with E-state index in [2.05, 4.69) is 46.1 Å². The summed E-state index contributed by atoms with van der Waals surface area (Å²) >= 11 is 3.40. The van der Waals surface area contributed by atoms with Gasteiger partial charge in [0.15, 0.2) is 0 Å². The number of aryl methyl sites for hydroxylation is 1. The van der Waals surface area contributed by atoms with Crippen LogP contribution in [0.3, 0.4) is 0 Å². The summed E-state index contributed by atoms with van der Waals surface area (Å²) in [6.45, 7) is 4.36. The Labute approximate surface area is 112 Å². The second-order valence-electron chi connectivity index (χ2n) is 5.10. The molecule has 94 valence electrons. The summed E-state index contributed by atoms with van der Waals surface area (Å²) in [5.41, 5.74) is 2.24. The van der Waals surface area contributed by atoms with Crippen molar-refractivity contribution in [3.05, 3.63) is 22.4 Å². The minimum absolute atomic E-state index is 0.553. The van der Waals surface area contributed by atoms with E-state index in [1.165, 1.54) is 37.8 Å². The summed E-state index contributed by atoms with van der Waals surface area (Å²) in [6, 6.07) is 4.67. The summed E-state index contributed by atoms with van der Waals surface area (Å²) in [5.74, 6) is 0.826. The zero-order valence-electron chi connectivity index (χ0n) is 10.7. The third-order valence-corrected chi connectivity index (χ3v) is 4.23. The van der Waals surface area contributed by atoms with Crippen molar-refractivity contribution in [2.75, 3.05) is 5.32 Å². The van der Waals surface area contributed by atoms with Crippen LogP contribution in [0.1, 0.15) is 44.7 Å². The van der Waals surface area contributed by atoms with Crippen molar-refractivity contribution in [2.45, 2.75) is 52.0 Å². The first-order valence-electron chi connectivity index (χ1n) is 6.56. The van der Waals surface area contributed by atoms with Gasteiger partial charge in [-0.25, -0.2) is 4.98 Å². The number of rotatable bonds is 3. The van der Waals surface area contributed by atoms with Crippen molar-refractivity contribution in [3.8, 4) is 0 Å². The second-order valence-corrected chi connectivity index (χ2v) is 5.91. The molecule has 1 heterocycles. The van der Waals surface area contributed by atoms with Crippen molar-refractivity contribution >= 4 is 21.6 Å². The van der Waals surface area contributed by atoms with Gasteiger partial charge >= 0.3 is 0 Å². The van der Waals surface area contributed by atoms with Gasteiger partial charge in [0.05, 0.1) is 11.4 Å². The van der Waals surface area contributed by atoms with Gasteiger partial charge in [-0.2, -0.15) is 0 Å². The van der Waals surface area contributed by atoms with E-state index in [0.717, 1.165) is 16.2 Å². The normalized spacial score (nSPS) is 19.0. The molecule has 3 heteroatoms. The molecular formula is C14H21BrN2. The molecule has 1 fully saturated rings. The summed E-state index contributed by atoms with van der Waals surface area (Å²) in [4.78, 5) is 4.43. The van der Waals surface area contributed by atoms with E-state index in [4.69, 9.17) is 0 Å². The van der Waals surface area contributed by atoms with Crippen LogP contribution in [-0.2, 0) is 0 Å². The lowest BCUT2D eigenvalue weighted by atomic mass is 9.84. The molecule has 0 aliphatic heterocycles. The molecular weight excluding hydrogens is 276 g/mol. The van der Waals surface area contributed by atoms with E-state index < -0.39 is 0 Å². The van der Waals surface area contributed by atoms with Crippen LogP contribution in [0.2, 0.25) is 0 Å². The molecule has 2 rings (SSSR count). The van der Waals surface area contributed by atoms with E-state index in [0.29, 0.717) is 6.04 Å². The molecule has 1 unspecified atom stereocenters. The molecule has 1 aromatic rings. The molecule has 17 heavy (non-hydrogen) atoms. The molecule has 2 nitrogen and oxygen atoms in total. The van der Waals surface area contributed by atoms with Gasteiger partial charge in [0.1, 0.15) is 4.60 Å². The summed E-state index contributed by atoms with van der Waals surface area (Å²) in [5, 5.41) is 3.62. The maximum Gasteiger partial charge on any atom is 0.106 e. The number of nitrogens with zero attached hydrogens (tertiary/aromatic N) is 1. The predicted octanol–water partition coefficient (Wildman–Crippen LogP) is 4.53. The first-order chi connectivity index (χ1) is 8.16. The number of aromatic nitrogens is 1. The molecule has 1 aromatic heterocycles. The Morgan fingerprint density at radius 2 is 2.00 bits per heavy atom. The molecule has 0 aromatic carbocycles. The molecule has 0 amide bonds. The number of hydrogen-bond donors (Lipinski definition) is 1. The molecule has 0 bridgehead atoms. The van der Waals surface area contributed by atoms with Crippen LogP contribution in [0, 0.1) is 12.8 Å². The van der Waals surface area contributed by atoms with Crippen LogP contribution in [0.15, 0.2) is 16.7 Å².